The quantitative estimate of drug-likeness (QED) is 0.655. The predicted octanol–water partition coefficient (Wildman–Crippen LogP) is 2.83. The summed E-state index contributed by atoms with van der Waals surface area (Å²) in [5.74, 6) is 1.38. The number of ether oxygens (including phenoxy) is 1. The van der Waals surface area contributed by atoms with Gasteiger partial charge in [-0.15, -0.1) is 5.10 Å². The fourth-order valence-corrected chi connectivity index (χ4v) is 2.15. The Morgan fingerprint density at radius 2 is 1.83 bits per heavy atom. The summed E-state index contributed by atoms with van der Waals surface area (Å²) in [5, 5.41) is 11.7. The number of hydrogen-bond donors (Lipinski definition) is 0. The van der Waals surface area contributed by atoms with Crippen molar-refractivity contribution in [2.45, 2.75) is 20.0 Å². The maximum absolute atomic E-state index is 11.6. The van der Waals surface area contributed by atoms with Crippen LogP contribution in [0.25, 0.3) is 5.69 Å². The average Bonchev–Trinajstić information content (AvgIpc) is 3.09. The van der Waals surface area contributed by atoms with Gasteiger partial charge in [-0.1, -0.05) is 25.1 Å². The molecule has 0 saturated heterocycles. The van der Waals surface area contributed by atoms with E-state index < -0.39 is 0 Å². The Balaban J connectivity index is 1.70. The van der Waals surface area contributed by atoms with Crippen molar-refractivity contribution < 1.29 is 9.53 Å². The molecule has 6 nitrogen and oxygen atoms in total. The number of benzene rings is 2. The molecule has 0 amide bonds. The zero-order chi connectivity index (χ0) is 16.1. The second-order valence-corrected chi connectivity index (χ2v) is 4.93. The summed E-state index contributed by atoms with van der Waals surface area (Å²) in [6.45, 7) is 2.08. The number of ketones is 1. The Hall–Kier alpha value is -3.02. The summed E-state index contributed by atoms with van der Waals surface area (Å²) >= 11 is 0. The molecule has 116 valence electrons. The summed E-state index contributed by atoms with van der Waals surface area (Å²) in [4.78, 5) is 11.6. The molecule has 0 spiro atoms. The van der Waals surface area contributed by atoms with Crippen LogP contribution in [0.4, 0.5) is 0 Å². The fraction of sp³-hybridized carbons (Fsp3) is 0.176. The minimum Gasteiger partial charge on any atom is -0.486 e. The molecule has 23 heavy (non-hydrogen) atoms. The highest BCUT2D eigenvalue weighted by atomic mass is 16.5. The van der Waals surface area contributed by atoms with E-state index in [4.69, 9.17) is 4.74 Å². The SMILES string of the molecule is CCC(=O)c1ccc(OCc2nnnn2-c2ccccc2)cc1. The molecular weight excluding hydrogens is 292 g/mol. The first-order chi connectivity index (χ1) is 11.3. The highest BCUT2D eigenvalue weighted by molar-refractivity contribution is 5.95. The molecule has 2 aromatic carbocycles. The Kier molecular flexibility index (Phi) is 4.42. The molecule has 0 aliphatic carbocycles. The number of carbonyl (C=O) groups is 1. The van der Waals surface area contributed by atoms with Gasteiger partial charge in [-0.2, -0.15) is 4.68 Å². The third-order valence-corrected chi connectivity index (χ3v) is 3.40. The van der Waals surface area contributed by atoms with Crippen LogP contribution in [-0.4, -0.2) is 26.0 Å². The number of para-hydroxylation sites is 1. The van der Waals surface area contributed by atoms with Crippen molar-refractivity contribution in [3.63, 3.8) is 0 Å². The van der Waals surface area contributed by atoms with Crippen LogP contribution in [0.3, 0.4) is 0 Å². The average molecular weight is 308 g/mol. The van der Waals surface area contributed by atoms with Crippen LogP contribution in [-0.2, 0) is 6.61 Å². The summed E-state index contributed by atoms with van der Waals surface area (Å²) in [6.07, 6.45) is 0.492. The zero-order valence-corrected chi connectivity index (χ0v) is 12.7. The van der Waals surface area contributed by atoms with Gasteiger partial charge in [0.2, 0.25) is 0 Å². The highest BCUT2D eigenvalue weighted by Gasteiger charge is 2.09. The first-order valence-electron chi connectivity index (χ1n) is 7.36. The van der Waals surface area contributed by atoms with Crippen LogP contribution in [0, 0.1) is 0 Å². The van der Waals surface area contributed by atoms with Gasteiger partial charge in [0.25, 0.3) is 0 Å². The van der Waals surface area contributed by atoms with Crippen molar-refractivity contribution in [2.75, 3.05) is 0 Å². The number of hydrogen-bond acceptors (Lipinski definition) is 5. The molecule has 3 rings (SSSR count). The van der Waals surface area contributed by atoms with Gasteiger partial charge in [0, 0.05) is 12.0 Å². The smallest absolute Gasteiger partial charge is 0.194 e. The summed E-state index contributed by atoms with van der Waals surface area (Å²) in [6, 6.07) is 16.7. The number of rotatable bonds is 6. The van der Waals surface area contributed by atoms with Gasteiger partial charge in [0.05, 0.1) is 5.69 Å². The molecule has 3 aromatic rings. The molecule has 0 N–H and O–H groups in total. The van der Waals surface area contributed by atoms with E-state index in [9.17, 15) is 4.79 Å². The first-order valence-corrected chi connectivity index (χ1v) is 7.36. The lowest BCUT2D eigenvalue weighted by Gasteiger charge is -2.07. The summed E-state index contributed by atoms with van der Waals surface area (Å²) in [7, 11) is 0. The topological polar surface area (TPSA) is 69.9 Å². The van der Waals surface area contributed by atoms with Crippen molar-refractivity contribution in [3.8, 4) is 11.4 Å². The Morgan fingerprint density at radius 1 is 1.09 bits per heavy atom. The minimum absolute atomic E-state index is 0.115. The van der Waals surface area contributed by atoms with Crippen LogP contribution in [0.2, 0.25) is 0 Å². The lowest BCUT2D eigenvalue weighted by atomic mass is 10.1. The second kappa shape index (κ2) is 6.83. The van der Waals surface area contributed by atoms with E-state index in [0.29, 0.717) is 23.6 Å². The predicted molar refractivity (Wildman–Crippen MR) is 84.5 cm³/mol. The monoisotopic (exact) mass is 308 g/mol. The number of tetrazole rings is 1. The maximum atomic E-state index is 11.6. The molecule has 1 aromatic heterocycles. The van der Waals surface area contributed by atoms with Crippen LogP contribution in [0.1, 0.15) is 29.5 Å². The lowest BCUT2D eigenvalue weighted by Crippen LogP contribution is -2.07. The van der Waals surface area contributed by atoms with Gasteiger partial charge in [-0.3, -0.25) is 4.79 Å². The van der Waals surface area contributed by atoms with Crippen LogP contribution < -0.4 is 4.74 Å². The third-order valence-electron chi connectivity index (χ3n) is 3.40. The molecule has 0 aliphatic rings. The lowest BCUT2D eigenvalue weighted by molar-refractivity contribution is 0.0988. The highest BCUT2D eigenvalue weighted by Crippen LogP contribution is 2.15. The fourth-order valence-electron chi connectivity index (χ4n) is 2.15. The van der Waals surface area contributed by atoms with Gasteiger partial charge < -0.3 is 4.74 Å². The maximum Gasteiger partial charge on any atom is 0.194 e. The van der Waals surface area contributed by atoms with Crippen molar-refractivity contribution in [1.82, 2.24) is 20.2 Å². The van der Waals surface area contributed by atoms with E-state index >= 15 is 0 Å². The van der Waals surface area contributed by atoms with Crippen molar-refractivity contribution in [3.05, 3.63) is 66.0 Å². The van der Waals surface area contributed by atoms with E-state index in [0.717, 1.165) is 5.69 Å². The van der Waals surface area contributed by atoms with Crippen LogP contribution >= 0.6 is 0 Å². The summed E-state index contributed by atoms with van der Waals surface area (Å²) in [5.41, 5.74) is 1.56. The Bertz CT molecular complexity index is 782. The van der Waals surface area contributed by atoms with Crippen LogP contribution in [0.15, 0.2) is 54.6 Å². The molecular formula is C17H16N4O2. The van der Waals surface area contributed by atoms with Gasteiger partial charge in [-0.05, 0) is 46.8 Å². The van der Waals surface area contributed by atoms with E-state index in [-0.39, 0.29) is 12.4 Å². The van der Waals surface area contributed by atoms with Gasteiger partial charge in [0.15, 0.2) is 11.6 Å². The Labute approximate surface area is 133 Å². The van der Waals surface area contributed by atoms with E-state index in [1.807, 2.05) is 37.3 Å². The van der Waals surface area contributed by atoms with Gasteiger partial charge in [-0.25, -0.2) is 0 Å². The molecule has 0 atom stereocenters. The second-order valence-electron chi connectivity index (χ2n) is 4.93. The number of nitrogens with zero attached hydrogens (tertiary/aromatic N) is 4. The van der Waals surface area contributed by atoms with Crippen molar-refractivity contribution in [2.24, 2.45) is 0 Å². The minimum atomic E-state index is 0.115. The van der Waals surface area contributed by atoms with E-state index in [1.165, 1.54) is 0 Å². The standard InChI is InChI=1S/C17H16N4O2/c1-2-16(22)13-8-10-15(11-9-13)23-12-17-18-19-20-21(17)14-6-4-3-5-7-14/h3-11H,2,12H2,1H3. The van der Waals surface area contributed by atoms with Gasteiger partial charge >= 0.3 is 0 Å². The van der Waals surface area contributed by atoms with E-state index in [1.54, 1.807) is 28.9 Å². The van der Waals surface area contributed by atoms with Crippen molar-refractivity contribution in [1.29, 1.82) is 0 Å². The first kappa shape index (κ1) is 14.9. The number of Topliss-reactive ketones (excluding diaryl/α,β-unsaturated/α-hetero) is 1. The van der Waals surface area contributed by atoms with Crippen LogP contribution in [0.5, 0.6) is 5.75 Å². The molecule has 1 heterocycles. The number of aromatic nitrogens is 4. The zero-order valence-electron chi connectivity index (χ0n) is 12.7. The largest absolute Gasteiger partial charge is 0.486 e. The molecule has 0 unspecified atom stereocenters. The molecule has 0 radical (unpaired) electrons. The molecule has 0 aliphatic heterocycles. The molecule has 0 saturated carbocycles. The Morgan fingerprint density at radius 3 is 2.52 bits per heavy atom. The molecule has 0 bridgehead atoms. The normalized spacial score (nSPS) is 10.5. The molecule has 0 fully saturated rings. The third kappa shape index (κ3) is 3.42. The van der Waals surface area contributed by atoms with Gasteiger partial charge in [0.1, 0.15) is 12.4 Å². The number of carbonyl (C=O) groups excluding carboxylic acids is 1. The van der Waals surface area contributed by atoms with Crippen molar-refractivity contribution >= 4 is 5.78 Å². The summed E-state index contributed by atoms with van der Waals surface area (Å²) < 4.78 is 7.34. The molecule has 6 heteroatoms. The van der Waals surface area contributed by atoms with E-state index in [2.05, 4.69) is 15.5 Å².